The molecule has 0 radical (unpaired) electrons. The molecule has 0 saturated heterocycles. The first-order valence-electron chi connectivity index (χ1n) is 3.78. The Bertz CT molecular complexity index is 214. The molecule has 11 heavy (non-hydrogen) atoms. The highest BCUT2D eigenvalue weighted by Gasteiger charge is 1.96. The molecule has 1 atom stereocenters. The van der Waals surface area contributed by atoms with E-state index in [2.05, 4.69) is 0 Å². The van der Waals surface area contributed by atoms with Gasteiger partial charge in [0, 0.05) is 12.6 Å². The Morgan fingerprint density at radius 2 is 1.82 bits per heavy atom. The van der Waals surface area contributed by atoms with E-state index in [1.807, 2.05) is 31.2 Å². The lowest BCUT2D eigenvalue weighted by Gasteiger charge is -2.05. The van der Waals surface area contributed by atoms with Gasteiger partial charge in [-0.15, -0.1) is 0 Å². The van der Waals surface area contributed by atoms with Gasteiger partial charge in [-0.1, -0.05) is 24.3 Å². The number of nitrogens with two attached hydrogens (primary N) is 2. The van der Waals surface area contributed by atoms with E-state index >= 15 is 0 Å². The molecule has 0 fully saturated rings. The van der Waals surface area contributed by atoms with Crippen LogP contribution in [0.15, 0.2) is 24.3 Å². The molecular formula is C9H14N2. The zero-order valence-corrected chi connectivity index (χ0v) is 6.75. The van der Waals surface area contributed by atoms with E-state index in [0.29, 0.717) is 6.54 Å². The van der Waals surface area contributed by atoms with E-state index in [0.717, 1.165) is 11.1 Å². The minimum absolute atomic E-state index is 0.113. The maximum Gasteiger partial charge on any atom is 0.0266 e. The third-order valence-corrected chi connectivity index (χ3v) is 1.74. The summed E-state index contributed by atoms with van der Waals surface area (Å²) < 4.78 is 0. The van der Waals surface area contributed by atoms with Gasteiger partial charge in [0.05, 0.1) is 0 Å². The summed E-state index contributed by atoms with van der Waals surface area (Å²) in [6, 6.07) is 8.18. The molecule has 0 heterocycles. The highest BCUT2D eigenvalue weighted by Crippen LogP contribution is 2.09. The maximum absolute atomic E-state index is 5.67. The van der Waals surface area contributed by atoms with Crippen LogP contribution in [-0.2, 0) is 6.54 Å². The van der Waals surface area contributed by atoms with Crippen molar-refractivity contribution in [3.8, 4) is 0 Å². The van der Waals surface area contributed by atoms with Crippen molar-refractivity contribution in [3.05, 3.63) is 35.4 Å². The summed E-state index contributed by atoms with van der Waals surface area (Å²) in [6.07, 6.45) is 0. The van der Waals surface area contributed by atoms with Gasteiger partial charge in [0.2, 0.25) is 0 Å². The monoisotopic (exact) mass is 150 g/mol. The zero-order chi connectivity index (χ0) is 8.27. The van der Waals surface area contributed by atoms with Crippen molar-refractivity contribution in [2.24, 2.45) is 11.5 Å². The van der Waals surface area contributed by atoms with Crippen LogP contribution in [0.4, 0.5) is 0 Å². The molecule has 0 spiro atoms. The van der Waals surface area contributed by atoms with Crippen molar-refractivity contribution >= 4 is 0 Å². The van der Waals surface area contributed by atoms with Crippen LogP contribution in [0.3, 0.4) is 0 Å². The van der Waals surface area contributed by atoms with E-state index in [1.54, 1.807) is 0 Å². The van der Waals surface area contributed by atoms with Crippen molar-refractivity contribution in [2.45, 2.75) is 19.5 Å². The van der Waals surface area contributed by atoms with Crippen molar-refractivity contribution in [1.82, 2.24) is 0 Å². The Kier molecular flexibility index (Phi) is 2.63. The molecule has 0 saturated carbocycles. The average Bonchev–Trinajstić information content (AvgIpc) is 2.05. The summed E-state index contributed by atoms with van der Waals surface area (Å²) in [4.78, 5) is 0. The molecule has 60 valence electrons. The maximum atomic E-state index is 5.67. The van der Waals surface area contributed by atoms with Crippen LogP contribution in [0.2, 0.25) is 0 Å². The summed E-state index contributed by atoms with van der Waals surface area (Å²) >= 11 is 0. The third-order valence-electron chi connectivity index (χ3n) is 1.74. The van der Waals surface area contributed by atoms with Crippen molar-refractivity contribution in [3.63, 3.8) is 0 Å². The number of hydrogen-bond donors (Lipinski definition) is 2. The molecule has 1 aromatic carbocycles. The first-order chi connectivity index (χ1) is 5.24. The zero-order valence-electron chi connectivity index (χ0n) is 6.75. The van der Waals surface area contributed by atoms with Crippen LogP contribution >= 0.6 is 0 Å². The summed E-state index contributed by atoms with van der Waals surface area (Å²) in [6.45, 7) is 2.57. The lowest BCUT2D eigenvalue weighted by molar-refractivity contribution is 0.817. The van der Waals surface area contributed by atoms with Gasteiger partial charge < -0.3 is 11.5 Å². The summed E-state index contributed by atoms with van der Waals surface area (Å²) in [7, 11) is 0. The smallest absolute Gasteiger partial charge is 0.0266 e. The minimum atomic E-state index is 0.113. The molecule has 4 N–H and O–H groups in total. The highest BCUT2D eigenvalue weighted by atomic mass is 14.6. The first kappa shape index (κ1) is 8.24. The van der Waals surface area contributed by atoms with Gasteiger partial charge in [0.15, 0.2) is 0 Å². The quantitative estimate of drug-likeness (QED) is 0.664. The molecule has 1 unspecified atom stereocenters. The Balaban J connectivity index is 2.83. The summed E-state index contributed by atoms with van der Waals surface area (Å²) in [5, 5.41) is 0. The molecule has 0 aromatic heterocycles. The van der Waals surface area contributed by atoms with E-state index in [4.69, 9.17) is 11.5 Å². The topological polar surface area (TPSA) is 52.0 Å². The lowest BCUT2D eigenvalue weighted by Crippen LogP contribution is -2.05. The first-order valence-corrected chi connectivity index (χ1v) is 3.78. The third kappa shape index (κ3) is 2.03. The van der Waals surface area contributed by atoms with Gasteiger partial charge in [-0.3, -0.25) is 0 Å². The van der Waals surface area contributed by atoms with Gasteiger partial charge in [0.25, 0.3) is 0 Å². The summed E-state index contributed by atoms with van der Waals surface area (Å²) in [5.74, 6) is 0. The fourth-order valence-corrected chi connectivity index (χ4v) is 0.957. The fraction of sp³-hybridized carbons (Fsp3) is 0.333. The van der Waals surface area contributed by atoms with Crippen LogP contribution in [0, 0.1) is 0 Å². The molecule has 0 aliphatic heterocycles. The van der Waals surface area contributed by atoms with Gasteiger partial charge in [0.1, 0.15) is 0 Å². The predicted molar refractivity (Wildman–Crippen MR) is 46.9 cm³/mol. The average molecular weight is 150 g/mol. The van der Waals surface area contributed by atoms with Gasteiger partial charge >= 0.3 is 0 Å². The summed E-state index contributed by atoms with van der Waals surface area (Å²) in [5.41, 5.74) is 13.4. The molecule has 1 rings (SSSR count). The molecule has 2 heteroatoms. The van der Waals surface area contributed by atoms with E-state index in [-0.39, 0.29) is 6.04 Å². The molecule has 1 aromatic rings. The molecule has 0 aliphatic rings. The van der Waals surface area contributed by atoms with Gasteiger partial charge in [-0.25, -0.2) is 0 Å². The van der Waals surface area contributed by atoms with Crippen LogP contribution in [0.25, 0.3) is 0 Å². The largest absolute Gasteiger partial charge is 0.326 e. The molecular weight excluding hydrogens is 136 g/mol. The van der Waals surface area contributed by atoms with Crippen molar-refractivity contribution < 1.29 is 0 Å². The number of benzene rings is 1. The number of rotatable bonds is 2. The van der Waals surface area contributed by atoms with E-state index < -0.39 is 0 Å². The molecule has 0 aliphatic carbocycles. The van der Waals surface area contributed by atoms with Crippen molar-refractivity contribution in [1.29, 1.82) is 0 Å². The Morgan fingerprint density at radius 3 is 2.18 bits per heavy atom. The molecule has 2 nitrogen and oxygen atoms in total. The van der Waals surface area contributed by atoms with Gasteiger partial charge in [-0.05, 0) is 18.1 Å². The van der Waals surface area contributed by atoms with Crippen LogP contribution < -0.4 is 11.5 Å². The SMILES string of the molecule is CC(N)c1ccc(CN)cc1. The van der Waals surface area contributed by atoms with Crippen LogP contribution in [-0.4, -0.2) is 0 Å². The second-order valence-corrected chi connectivity index (χ2v) is 2.73. The van der Waals surface area contributed by atoms with Crippen molar-refractivity contribution in [2.75, 3.05) is 0 Å². The normalized spacial score (nSPS) is 13.0. The standard InChI is InChI=1S/C9H14N2/c1-7(11)9-4-2-8(6-10)3-5-9/h2-5,7H,6,10-11H2,1H3. The number of hydrogen-bond acceptors (Lipinski definition) is 2. The van der Waals surface area contributed by atoms with Crippen LogP contribution in [0.1, 0.15) is 24.1 Å². The lowest BCUT2D eigenvalue weighted by atomic mass is 10.1. The fourth-order valence-electron chi connectivity index (χ4n) is 0.957. The second-order valence-electron chi connectivity index (χ2n) is 2.73. The molecule has 0 amide bonds. The van der Waals surface area contributed by atoms with E-state index in [9.17, 15) is 0 Å². The predicted octanol–water partition coefficient (Wildman–Crippen LogP) is 1.17. The molecule has 0 bridgehead atoms. The highest BCUT2D eigenvalue weighted by molar-refractivity contribution is 5.24. The Morgan fingerprint density at radius 1 is 1.27 bits per heavy atom. The minimum Gasteiger partial charge on any atom is -0.326 e. The second kappa shape index (κ2) is 3.51. The Labute approximate surface area is 67.2 Å². The Hall–Kier alpha value is -0.860. The van der Waals surface area contributed by atoms with Gasteiger partial charge in [-0.2, -0.15) is 0 Å². The van der Waals surface area contributed by atoms with Crippen LogP contribution in [0.5, 0.6) is 0 Å². The van der Waals surface area contributed by atoms with E-state index in [1.165, 1.54) is 0 Å².